The predicted octanol–water partition coefficient (Wildman–Crippen LogP) is 4.48. The second-order valence-electron chi connectivity index (χ2n) is 8.14. The molecule has 0 spiro atoms. The van der Waals surface area contributed by atoms with Crippen LogP contribution in [-0.2, 0) is 19.9 Å². The smallest absolute Gasteiger partial charge is 0.331 e. The van der Waals surface area contributed by atoms with Gasteiger partial charge >= 0.3 is 5.97 Å². The van der Waals surface area contributed by atoms with E-state index in [0.29, 0.717) is 6.29 Å². The maximum Gasteiger partial charge on any atom is 0.331 e. The van der Waals surface area contributed by atoms with Crippen LogP contribution in [-0.4, -0.2) is 23.9 Å². The highest BCUT2D eigenvalue weighted by atomic mass is 16.6. The van der Waals surface area contributed by atoms with Gasteiger partial charge in [-0.15, -0.1) is 0 Å². The summed E-state index contributed by atoms with van der Waals surface area (Å²) in [4.78, 5) is 24.9. The highest BCUT2D eigenvalue weighted by molar-refractivity contribution is 5.92. The highest BCUT2D eigenvalue weighted by Crippen LogP contribution is 2.37. The first-order valence-electron chi connectivity index (χ1n) is 9.99. The van der Waals surface area contributed by atoms with Crippen molar-refractivity contribution in [1.82, 2.24) is 5.32 Å². The Labute approximate surface area is 177 Å². The molecule has 0 saturated heterocycles. The number of carbonyl (C=O) groups excluding carboxylic acids is 2. The molecule has 0 aliphatic heterocycles. The number of rotatable bonds is 7. The van der Waals surface area contributed by atoms with Gasteiger partial charge in [-0.1, -0.05) is 91.0 Å². The van der Waals surface area contributed by atoms with Crippen LogP contribution in [0.25, 0.3) is 0 Å². The van der Waals surface area contributed by atoms with E-state index >= 15 is 0 Å². The first kappa shape index (κ1) is 21.5. The summed E-state index contributed by atoms with van der Waals surface area (Å²) in [6.45, 7) is 5.35. The van der Waals surface area contributed by atoms with Gasteiger partial charge in [0.1, 0.15) is 11.9 Å². The fourth-order valence-electron chi connectivity index (χ4n) is 3.56. The van der Waals surface area contributed by atoms with Crippen LogP contribution in [0.5, 0.6) is 0 Å². The van der Waals surface area contributed by atoms with Crippen molar-refractivity contribution in [3.63, 3.8) is 0 Å². The molecule has 1 unspecified atom stereocenters. The molecule has 3 aromatic carbocycles. The second kappa shape index (κ2) is 9.06. The van der Waals surface area contributed by atoms with Crippen LogP contribution in [0.1, 0.15) is 37.5 Å². The number of benzene rings is 3. The molecule has 1 N–H and O–H groups in total. The van der Waals surface area contributed by atoms with Crippen LogP contribution in [0.15, 0.2) is 91.0 Å². The molecule has 0 saturated carbocycles. The molecule has 0 bridgehead atoms. The zero-order chi connectivity index (χ0) is 21.6. The molecule has 30 heavy (non-hydrogen) atoms. The largest absolute Gasteiger partial charge is 0.458 e. The minimum absolute atomic E-state index is 0.607. The van der Waals surface area contributed by atoms with Gasteiger partial charge in [-0.25, -0.2) is 4.79 Å². The second-order valence-corrected chi connectivity index (χ2v) is 8.14. The van der Waals surface area contributed by atoms with Crippen molar-refractivity contribution in [2.45, 2.75) is 38.0 Å². The molecule has 3 aromatic rings. The number of nitrogens with one attached hydrogen (secondary N) is 1. The van der Waals surface area contributed by atoms with Gasteiger partial charge in [0.2, 0.25) is 0 Å². The summed E-state index contributed by atoms with van der Waals surface area (Å²) in [5.74, 6) is -0.607. The first-order valence-corrected chi connectivity index (χ1v) is 9.99. The third-order valence-electron chi connectivity index (χ3n) is 4.79. The average Bonchev–Trinajstić information content (AvgIpc) is 2.75. The Kier molecular flexibility index (Phi) is 6.48. The predicted molar refractivity (Wildman–Crippen MR) is 118 cm³/mol. The maximum absolute atomic E-state index is 12.8. The van der Waals surface area contributed by atoms with E-state index in [1.54, 1.807) is 20.8 Å². The molecule has 0 aromatic heterocycles. The Balaban J connectivity index is 2.21. The molecular formula is C26H27NO3. The summed E-state index contributed by atoms with van der Waals surface area (Å²) in [7, 11) is 0. The number of aldehydes is 1. The van der Waals surface area contributed by atoms with E-state index in [0.717, 1.165) is 16.7 Å². The van der Waals surface area contributed by atoms with Crippen LogP contribution in [0.2, 0.25) is 0 Å². The van der Waals surface area contributed by atoms with E-state index in [9.17, 15) is 9.59 Å². The Morgan fingerprint density at radius 2 is 1.13 bits per heavy atom. The van der Waals surface area contributed by atoms with Gasteiger partial charge in [0, 0.05) is 0 Å². The van der Waals surface area contributed by atoms with Crippen LogP contribution >= 0.6 is 0 Å². The lowest BCUT2D eigenvalue weighted by Gasteiger charge is -2.38. The normalized spacial score (nSPS) is 12.8. The quantitative estimate of drug-likeness (QED) is 0.275. The van der Waals surface area contributed by atoms with Crippen LogP contribution < -0.4 is 5.32 Å². The number of hydrogen-bond acceptors (Lipinski definition) is 4. The first-order chi connectivity index (χ1) is 14.4. The van der Waals surface area contributed by atoms with Crippen LogP contribution in [0.3, 0.4) is 0 Å². The van der Waals surface area contributed by atoms with Crippen molar-refractivity contribution in [1.29, 1.82) is 0 Å². The Bertz CT molecular complexity index is 867. The van der Waals surface area contributed by atoms with Crippen LogP contribution in [0.4, 0.5) is 0 Å². The van der Waals surface area contributed by atoms with Gasteiger partial charge in [-0.2, -0.15) is 0 Å². The monoisotopic (exact) mass is 401 g/mol. The standard InChI is InChI=1S/C26H27NO3/c1-25(2,3)30-24(29)23(19-28)27-26(20-13-7-4-8-14-20,21-15-9-5-10-16-21)22-17-11-6-12-18-22/h4-19,23,27H,1-3H3. The zero-order valence-electron chi connectivity index (χ0n) is 17.5. The van der Waals surface area contributed by atoms with Crippen molar-refractivity contribution < 1.29 is 14.3 Å². The molecular weight excluding hydrogens is 374 g/mol. The van der Waals surface area contributed by atoms with Crippen molar-refractivity contribution in [2.75, 3.05) is 0 Å². The molecule has 1 atom stereocenters. The van der Waals surface area contributed by atoms with Gasteiger partial charge in [-0.3, -0.25) is 5.32 Å². The van der Waals surface area contributed by atoms with E-state index in [1.807, 2.05) is 91.0 Å². The van der Waals surface area contributed by atoms with Crippen molar-refractivity contribution >= 4 is 12.3 Å². The number of esters is 1. The van der Waals surface area contributed by atoms with Gasteiger partial charge in [0.15, 0.2) is 6.04 Å². The van der Waals surface area contributed by atoms with E-state index < -0.39 is 23.2 Å². The van der Waals surface area contributed by atoms with E-state index in [2.05, 4.69) is 5.32 Å². The number of hydrogen-bond donors (Lipinski definition) is 1. The lowest BCUT2D eigenvalue weighted by atomic mass is 9.76. The fourth-order valence-corrected chi connectivity index (χ4v) is 3.56. The Hall–Kier alpha value is -3.24. The molecule has 4 heteroatoms. The maximum atomic E-state index is 12.8. The van der Waals surface area contributed by atoms with Crippen LogP contribution in [0, 0.1) is 0 Å². The van der Waals surface area contributed by atoms with Gasteiger partial charge < -0.3 is 9.53 Å². The zero-order valence-corrected chi connectivity index (χ0v) is 17.5. The van der Waals surface area contributed by atoms with Gasteiger partial charge in [0.25, 0.3) is 0 Å². The lowest BCUT2D eigenvalue weighted by Crippen LogP contribution is -2.54. The topological polar surface area (TPSA) is 55.4 Å². The SMILES string of the molecule is CC(C)(C)OC(=O)C(C=O)NC(c1ccccc1)(c1ccccc1)c1ccccc1. The summed E-state index contributed by atoms with van der Waals surface area (Å²) in [6, 6.07) is 28.3. The summed E-state index contributed by atoms with van der Waals surface area (Å²) >= 11 is 0. The number of carbonyl (C=O) groups is 2. The minimum Gasteiger partial charge on any atom is -0.458 e. The molecule has 0 fully saturated rings. The molecule has 0 aliphatic rings. The molecule has 154 valence electrons. The fraction of sp³-hybridized carbons (Fsp3) is 0.231. The molecule has 0 amide bonds. The lowest BCUT2D eigenvalue weighted by molar-refractivity contribution is -0.158. The van der Waals surface area contributed by atoms with Gasteiger partial charge in [0.05, 0.1) is 5.54 Å². The van der Waals surface area contributed by atoms with E-state index in [1.165, 1.54) is 0 Å². The average molecular weight is 402 g/mol. The molecule has 3 rings (SSSR count). The third-order valence-corrected chi connectivity index (χ3v) is 4.79. The van der Waals surface area contributed by atoms with Crippen molar-refractivity contribution in [3.05, 3.63) is 108 Å². The molecule has 0 heterocycles. The minimum atomic E-state index is -1.15. The summed E-state index contributed by atoms with van der Waals surface area (Å²) in [6.07, 6.45) is 0.609. The summed E-state index contributed by atoms with van der Waals surface area (Å²) < 4.78 is 5.51. The molecule has 4 nitrogen and oxygen atoms in total. The highest BCUT2D eigenvalue weighted by Gasteiger charge is 2.40. The molecule has 0 aliphatic carbocycles. The Morgan fingerprint density at radius 3 is 1.43 bits per heavy atom. The van der Waals surface area contributed by atoms with E-state index in [4.69, 9.17) is 4.74 Å². The molecule has 0 radical (unpaired) electrons. The van der Waals surface area contributed by atoms with Crippen molar-refractivity contribution in [2.24, 2.45) is 0 Å². The number of ether oxygens (including phenoxy) is 1. The summed E-state index contributed by atoms with van der Waals surface area (Å²) in [5, 5.41) is 3.35. The third kappa shape index (κ3) is 4.66. The Morgan fingerprint density at radius 1 is 0.767 bits per heavy atom. The van der Waals surface area contributed by atoms with Gasteiger partial charge in [-0.05, 0) is 37.5 Å². The van der Waals surface area contributed by atoms with E-state index in [-0.39, 0.29) is 0 Å². The van der Waals surface area contributed by atoms with Crippen molar-refractivity contribution in [3.8, 4) is 0 Å². The summed E-state index contributed by atoms with van der Waals surface area (Å²) in [5.41, 5.74) is 1.12.